The van der Waals surface area contributed by atoms with Crippen molar-refractivity contribution in [2.24, 2.45) is 0 Å². The largest absolute Gasteiger partial charge is 0.305 e. The second-order valence-corrected chi connectivity index (χ2v) is 4.26. The number of anilines is 1. The molecule has 5 heteroatoms. The van der Waals surface area contributed by atoms with Crippen LogP contribution in [-0.4, -0.2) is 16.1 Å². The van der Waals surface area contributed by atoms with Gasteiger partial charge in [-0.05, 0) is 37.6 Å². The van der Waals surface area contributed by atoms with Crippen molar-refractivity contribution >= 4 is 23.3 Å². The molecule has 1 amide bonds. The number of carbonyl (C=O) groups excluding carboxylic acids is 1. The molecule has 0 bridgehead atoms. The summed E-state index contributed by atoms with van der Waals surface area (Å²) in [5.41, 5.74) is 2.33. The maximum Gasteiger partial charge on any atom is 0.256 e. The van der Waals surface area contributed by atoms with E-state index in [1.807, 2.05) is 13.8 Å². The molecule has 0 saturated heterocycles. The normalized spacial score (nSPS) is 10.3. The highest BCUT2D eigenvalue weighted by molar-refractivity contribution is 6.31. The smallest absolute Gasteiger partial charge is 0.256 e. The van der Waals surface area contributed by atoms with Crippen molar-refractivity contribution < 1.29 is 4.79 Å². The van der Waals surface area contributed by atoms with Crippen LogP contribution in [0.2, 0.25) is 5.02 Å². The minimum absolute atomic E-state index is 0.198. The van der Waals surface area contributed by atoms with Gasteiger partial charge in [0, 0.05) is 22.3 Å². The summed E-state index contributed by atoms with van der Waals surface area (Å²) in [6.07, 6.45) is 0. The van der Waals surface area contributed by atoms with E-state index in [2.05, 4.69) is 15.5 Å². The molecule has 0 aliphatic heterocycles. The minimum Gasteiger partial charge on any atom is -0.305 e. The van der Waals surface area contributed by atoms with Gasteiger partial charge in [-0.1, -0.05) is 11.6 Å². The van der Waals surface area contributed by atoms with Gasteiger partial charge >= 0.3 is 0 Å². The van der Waals surface area contributed by atoms with Crippen LogP contribution in [0.1, 0.15) is 21.6 Å². The molecule has 2 rings (SSSR count). The van der Waals surface area contributed by atoms with Crippen molar-refractivity contribution in [2.75, 3.05) is 5.32 Å². The summed E-state index contributed by atoms with van der Waals surface area (Å²) in [6, 6.07) is 6.91. The number of nitrogens with one attached hydrogen (secondary N) is 2. The average Bonchev–Trinajstić information content (AvgIpc) is 2.68. The number of aromatic nitrogens is 2. The van der Waals surface area contributed by atoms with E-state index in [1.165, 1.54) is 0 Å². The van der Waals surface area contributed by atoms with Gasteiger partial charge in [0.2, 0.25) is 0 Å². The fraction of sp³-hybridized carbons (Fsp3) is 0.167. The van der Waals surface area contributed by atoms with Crippen molar-refractivity contribution in [3.8, 4) is 0 Å². The van der Waals surface area contributed by atoms with Gasteiger partial charge in [0.1, 0.15) is 0 Å². The molecule has 0 aliphatic carbocycles. The van der Waals surface area contributed by atoms with Crippen LogP contribution in [0.5, 0.6) is 0 Å². The van der Waals surface area contributed by atoms with Crippen LogP contribution in [0.15, 0.2) is 24.3 Å². The molecule has 0 unspecified atom stereocenters. The van der Waals surface area contributed by atoms with Gasteiger partial charge in [0.25, 0.3) is 5.91 Å². The zero-order valence-electron chi connectivity index (χ0n) is 9.54. The van der Waals surface area contributed by atoms with Gasteiger partial charge in [0.15, 0.2) is 5.82 Å². The zero-order chi connectivity index (χ0) is 12.4. The van der Waals surface area contributed by atoms with Gasteiger partial charge in [-0.2, -0.15) is 5.10 Å². The molecule has 1 aromatic carbocycles. The number of hydrogen-bond acceptors (Lipinski definition) is 2. The van der Waals surface area contributed by atoms with Crippen LogP contribution < -0.4 is 5.32 Å². The molecule has 0 spiro atoms. The highest BCUT2D eigenvalue weighted by Gasteiger charge is 2.08. The third kappa shape index (κ3) is 2.65. The monoisotopic (exact) mass is 249 g/mol. The number of benzene rings is 1. The average molecular weight is 250 g/mol. The summed E-state index contributed by atoms with van der Waals surface area (Å²) >= 11 is 5.90. The molecule has 1 heterocycles. The molecule has 88 valence electrons. The molecule has 0 fully saturated rings. The number of H-pyrrole nitrogens is 1. The van der Waals surface area contributed by atoms with Crippen LogP contribution in [0.4, 0.5) is 5.82 Å². The molecule has 0 radical (unpaired) electrons. The summed E-state index contributed by atoms with van der Waals surface area (Å²) in [4.78, 5) is 11.9. The number of amides is 1. The first-order valence-corrected chi connectivity index (χ1v) is 5.53. The minimum atomic E-state index is -0.198. The first-order valence-electron chi connectivity index (χ1n) is 5.16. The Bertz CT molecular complexity index is 563. The van der Waals surface area contributed by atoms with E-state index in [0.29, 0.717) is 16.4 Å². The SMILES string of the molecule is Cc1cc(NC(=O)c2ccc(Cl)c(C)c2)n[nH]1. The Hall–Kier alpha value is -1.81. The van der Waals surface area contributed by atoms with Crippen LogP contribution in [0.25, 0.3) is 0 Å². The number of aromatic amines is 1. The van der Waals surface area contributed by atoms with E-state index in [-0.39, 0.29) is 5.91 Å². The van der Waals surface area contributed by atoms with Crippen molar-refractivity contribution in [1.29, 1.82) is 0 Å². The van der Waals surface area contributed by atoms with Crippen molar-refractivity contribution in [3.63, 3.8) is 0 Å². The Labute approximate surface area is 104 Å². The Morgan fingerprint density at radius 3 is 2.71 bits per heavy atom. The van der Waals surface area contributed by atoms with E-state index in [1.54, 1.807) is 24.3 Å². The molecule has 0 aliphatic rings. The van der Waals surface area contributed by atoms with E-state index in [4.69, 9.17) is 11.6 Å². The van der Waals surface area contributed by atoms with Crippen molar-refractivity contribution in [2.45, 2.75) is 13.8 Å². The second kappa shape index (κ2) is 4.59. The fourth-order valence-corrected chi connectivity index (χ4v) is 1.57. The van der Waals surface area contributed by atoms with E-state index >= 15 is 0 Å². The maximum absolute atomic E-state index is 11.9. The lowest BCUT2D eigenvalue weighted by molar-refractivity contribution is 0.102. The summed E-state index contributed by atoms with van der Waals surface area (Å²) in [6.45, 7) is 3.73. The summed E-state index contributed by atoms with van der Waals surface area (Å²) in [5.74, 6) is 0.316. The molecule has 0 atom stereocenters. The lowest BCUT2D eigenvalue weighted by Crippen LogP contribution is -2.12. The molecule has 4 nitrogen and oxygen atoms in total. The number of aryl methyl sites for hydroxylation is 2. The van der Waals surface area contributed by atoms with Crippen molar-refractivity contribution in [3.05, 3.63) is 46.1 Å². The number of nitrogens with zero attached hydrogens (tertiary/aromatic N) is 1. The lowest BCUT2D eigenvalue weighted by Gasteiger charge is -2.03. The van der Waals surface area contributed by atoms with Gasteiger partial charge in [-0.3, -0.25) is 9.89 Å². The number of carbonyl (C=O) groups is 1. The topological polar surface area (TPSA) is 57.8 Å². The molecule has 2 aromatic rings. The highest BCUT2D eigenvalue weighted by Crippen LogP contribution is 2.17. The molecular formula is C12H12ClN3O. The Balaban J connectivity index is 2.17. The Morgan fingerprint density at radius 1 is 1.35 bits per heavy atom. The number of rotatable bonds is 2. The van der Waals surface area contributed by atoms with Crippen LogP contribution in [0, 0.1) is 13.8 Å². The van der Waals surface area contributed by atoms with Crippen molar-refractivity contribution in [1.82, 2.24) is 10.2 Å². The third-order valence-corrected chi connectivity index (χ3v) is 2.79. The summed E-state index contributed by atoms with van der Waals surface area (Å²) in [7, 11) is 0. The first-order chi connectivity index (χ1) is 8.06. The Kier molecular flexibility index (Phi) is 3.15. The Morgan fingerprint density at radius 2 is 2.12 bits per heavy atom. The molecule has 2 N–H and O–H groups in total. The molecule has 0 saturated carbocycles. The maximum atomic E-state index is 11.9. The fourth-order valence-electron chi connectivity index (χ4n) is 1.46. The van der Waals surface area contributed by atoms with E-state index in [0.717, 1.165) is 11.3 Å². The number of halogens is 1. The standard InChI is InChI=1S/C12H12ClN3O/c1-7-5-9(3-4-10(7)13)12(17)14-11-6-8(2)15-16-11/h3-6H,1-2H3,(H2,14,15,16,17). The lowest BCUT2D eigenvalue weighted by atomic mass is 10.1. The van der Waals surface area contributed by atoms with Gasteiger partial charge in [-0.25, -0.2) is 0 Å². The predicted molar refractivity (Wildman–Crippen MR) is 67.5 cm³/mol. The quantitative estimate of drug-likeness (QED) is 0.860. The predicted octanol–water partition coefficient (Wildman–Crippen LogP) is 2.93. The van der Waals surface area contributed by atoms with Gasteiger partial charge < -0.3 is 5.32 Å². The summed E-state index contributed by atoms with van der Waals surface area (Å²) < 4.78 is 0. The third-order valence-electron chi connectivity index (χ3n) is 2.37. The highest BCUT2D eigenvalue weighted by atomic mass is 35.5. The zero-order valence-corrected chi connectivity index (χ0v) is 10.3. The van der Waals surface area contributed by atoms with Crippen LogP contribution in [0.3, 0.4) is 0 Å². The van der Waals surface area contributed by atoms with E-state index in [9.17, 15) is 4.79 Å². The van der Waals surface area contributed by atoms with Crippen LogP contribution in [-0.2, 0) is 0 Å². The van der Waals surface area contributed by atoms with E-state index < -0.39 is 0 Å². The van der Waals surface area contributed by atoms with Crippen LogP contribution >= 0.6 is 11.6 Å². The molecule has 1 aromatic heterocycles. The first kappa shape index (κ1) is 11.7. The van der Waals surface area contributed by atoms with Gasteiger partial charge in [0.05, 0.1) is 0 Å². The van der Waals surface area contributed by atoms with Gasteiger partial charge in [-0.15, -0.1) is 0 Å². The summed E-state index contributed by atoms with van der Waals surface area (Å²) in [5, 5.41) is 10.0. The second-order valence-electron chi connectivity index (χ2n) is 3.85. The molecular weight excluding hydrogens is 238 g/mol. The molecule has 17 heavy (non-hydrogen) atoms. The number of hydrogen-bond donors (Lipinski definition) is 2.